The lowest BCUT2D eigenvalue weighted by molar-refractivity contribution is -0.150. The summed E-state index contributed by atoms with van der Waals surface area (Å²) in [5.41, 5.74) is 0.724. The Labute approximate surface area is 122 Å². The maximum atomic E-state index is 12.9. The molecule has 0 aliphatic rings. The third-order valence-electron chi connectivity index (χ3n) is 3.34. The Balaban J connectivity index is 1.97. The van der Waals surface area contributed by atoms with Crippen LogP contribution in [-0.2, 0) is 16.1 Å². The smallest absolute Gasteiger partial charge is 0.309 e. The fourth-order valence-corrected chi connectivity index (χ4v) is 2.00. The van der Waals surface area contributed by atoms with E-state index >= 15 is 0 Å². The Morgan fingerprint density at radius 2 is 1.95 bits per heavy atom. The maximum Gasteiger partial charge on any atom is 0.309 e. The van der Waals surface area contributed by atoms with Gasteiger partial charge < -0.3 is 9.15 Å². The second-order valence-electron chi connectivity index (χ2n) is 4.75. The minimum Gasteiger partial charge on any atom is -0.455 e. The van der Waals surface area contributed by atoms with E-state index in [1.807, 2.05) is 13.8 Å². The number of rotatable bonds is 6. The largest absolute Gasteiger partial charge is 0.455 e. The average molecular weight is 291 g/mol. The Kier molecular flexibility index (Phi) is 5.09. The molecule has 0 amide bonds. The average Bonchev–Trinajstić information content (AvgIpc) is 2.96. The summed E-state index contributed by atoms with van der Waals surface area (Å²) >= 11 is 0. The van der Waals surface area contributed by atoms with Crippen LogP contribution in [0.25, 0.3) is 11.3 Å². The van der Waals surface area contributed by atoms with Crippen molar-refractivity contribution >= 4 is 5.97 Å². The van der Waals surface area contributed by atoms with Gasteiger partial charge in [0.15, 0.2) is 12.4 Å². The molecule has 0 unspecified atom stereocenters. The predicted octanol–water partition coefficient (Wildman–Crippen LogP) is 3.96. The van der Waals surface area contributed by atoms with Crippen LogP contribution in [0, 0.1) is 11.7 Å². The molecule has 0 aliphatic carbocycles. The maximum absolute atomic E-state index is 12.9. The van der Waals surface area contributed by atoms with E-state index in [0.29, 0.717) is 11.7 Å². The molecule has 1 heterocycles. The summed E-state index contributed by atoms with van der Waals surface area (Å²) in [5, 5.41) is 0. The summed E-state index contributed by atoms with van der Waals surface area (Å²) < 4.78 is 23.5. The van der Waals surface area contributed by atoms with Gasteiger partial charge in [0.05, 0.1) is 12.1 Å². The van der Waals surface area contributed by atoms with Crippen molar-refractivity contribution in [1.29, 1.82) is 0 Å². The summed E-state index contributed by atoms with van der Waals surface area (Å²) in [5.74, 6) is 0.216. The van der Waals surface area contributed by atoms with E-state index in [1.165, 1.54) is 18.3 Å². The number of carbonyl (C=O) groups is 1. The van der Waals surface area contributed by atoms with Gasteiger partial charge in [-0.2, -0.15) is 0 Å². The molecular formula is C16H18FNO3. The third-order valence-corrected chi connectivity index (χ3v) is 3.34. The first-order valence-corrected chi connectivity index (χ1v) is 7.01. The zero-order chi connectivity index (χ0) is 15.2. The van der Waals surface area contributed by atoms with Crippen LogP contribution in [-0.4, -0.2) is 11.0 Å². The van der Waals surface area contributed by atoms with Crippen molar-refractivity contribution in [2.24, 2.45) is 5.92 Å². The topological polar surface area (TPSA) is 52.3 Å². The zero-order valence-electron chi connectivity index (χ0n) is 12.1. The molecule has 2 rings (SSSR count). The number of hydrogen-bond acceptors (Lipinski definition) is 4. The van der Waals surface area contributed by atoms with Gasteiger partial charge in [0.1, 0.15) is 5.82 Å². The fourth-order valence-electron chi connectivity index (χ4n) is 2.00. The van der Waals surface area contributed by atoms with Crippen LogP contribution in [0.2, 0.25) is 0 Å². The van der Waals surface area contributed by atoms with Crippen molar-refractivity contribution in [2.75, 3.05) is 0 Å². The van der Waals surface area contributed by atoms with Crippen LogP contribution < -0.4 is 0 Å². The molecule has 0 saturated carbocycles. The van der Waals surface area contributed by atoms with E-state index < -0.39 is 0 Å². The predicted molar refractivity (Wildman–Crippen MR) is 75.8 cm³/mol. The molecule has 2 aromatic rings. The summed E-state index contributed by atoms with van der Waals surface area (Å²) in [6.07, 6.45) is 3.04. The third kappa shape index (κ3) is 3.90. The molecule has 0 radical (unpaired) electrons. The highest BCUT2D eigenvalue weighted by molar-refractivity contribution is 5.72. The lowest BCUT2D eigenvalue weighted by Gasteiger charge is -2.10. The molecule has 112 valence electrons. The summed E-state index contributed by atoms with van der Waals surface area (Å²) in [6, 6.07) is 5.92. The van der Waals surface area contributed by atoms with Crippen LogP contribution in [0.1, 0.15) is 32.6 Å². The van der Waals surface area contributed by atoms with Crippen molar-refractivity contribution in [3.63, 3.8) is 0 Å². The minimum atomic E-state index is -0.308. The first-order chi connectivity index (χ1) is 10.1. The minimum absolute atomic E-state index is 0.0104. The SMILES string of the molecule is CCC(CC)C(=O)OCc1ncc(-c2ccc(F)cc2)o1. The number of esters is 1. The summed E-state index contributed by atoms with van der Waals surface area (Å²) in [7, 11) is 0. The molecule has 0 aliphatic heterocycles. The van der Waals surface area contributed by atoms with Crippen LogP contribution in [0.5, 0.6) is 0 Å². The first-order valence-electron chi connectivity index (χ1n) is 7.01. The number of hydrogen-bond donors (Lipinski definition) is 0. The van der Waals surface area contributed by atoms with Crippen LogP contribution >= 0.6 is 0 Å². The molecular weight excluding hydrogens is 273 g/mol. The molecule has 1 aromatic heterocycles. The number of oxazole rings is 1. The molecule has 0 N–H and O–H groups in total. The number of carbonyl (C=O) groups excluding carboxylic acids is 1. The van der Waals surface area contributed by atoms with Crippen molar-refractivity contribution < 1.29 is 18.3 Å². The van der Waals surface area contributed by atoms with Gasteiger partial charge in [-0.25, -0.2) is 9.37 Å². The van der Waals surface area contributed by atoms with Crippen molar-refractivity contribution in [3.8, 4) is 11.3 Å². The highest BCUT2D eigenvalue weighted by Gasteiger charge is 2.17. The van der Waals surface area contributed by atoms with E-state index in [0.717, 1.165) is 18.4 Å². The van der Waals surface area contributed by atoms with Gasteiger partial charge in [0.25, 0.3) is 0 Å². The molecule has 0 fully saturated rings. The monoisotopic (exact) mass is 291 g/mol. The Morgan fingerprint density at radius 1 is 1.29 bits per heavy atom. The van der Waals surface area contributed by atoms with Gasteiger partial charge in [-0.3, -0.25) is 4.79 Å². The molecule has 0 atom stereocenters. The van der Waals surface area contributed by atoms with Crippen LogP contribution in [0.3, 0.4) is 0 Å². The van der Waals surface area contributed by atoms with E-state index in [-0.39, 0.29) is 24.3 Å². The molecule has 0 spiro atoms. The Bertz CT molecular complexity index is 588. The highest BCUT2D eigenvalue weighted by Crippen LogP contribution is 2.21. The molecule has 21 heavy (non-hydrogen) atoms. The van der Waals surface area contributed by atoms with Gasteiger partial charge in [0.2, 0.25) is 5.89 Å². The van der Waals surface area contributed by atoms with Crippen LogP contribution in [0.4, 0.5) is 4.39 Å². The van der Waals surface area contributed by atoms with Gasteiger partial charge in [-0.05, 0) is 37.1 Å². The number of aromatic nitrogens is 1. The number of benzene rings is 1. The van der Waals surface area contributed by atoms with E-state index in [4.69, 9.17) is 9.15 Å². The second kappa shape index (κ2) is 7.02. The van der Waals surface area contributed by atoms with Crippen molar-refractivity contribution in [2.45, 2.75) is 33.3 Å². The Morgan fingerprint density at radius 3 is 2.57 bits per heavy atom. The zero-order valence-corrected chi connectivity index (χ0v) is 12.1. The van der Waals surface area contributed by atoms with Crippen molar-refractivity contribution in [1.82, 2.24) is 4.98 Å². The summed E-state index contributed by atoms with van der Waals surface area (Å²) in [4.78, 5) is 15.8. The molecule has 4 nitrogen and oxygen atoms in total. The van der Waals surface area contributed by atoms with Gasteiger partial charge >= 0.3 is 5.97 Å². The number of ether oxygens (including phenoxy) is 1. The molecule has 1 aromatic carbocycles. The normalized spacial score (nSPS) is 10.9. The lowest BCUT2D eigenvalue weighted by atomic mass is 10.0. The van der Waals surface area contributed by atoms with Gasteiger partial charge in [-0.1, -0.05) is 13.8 Å². The van der Waals surface area contributed by atoms with Gasteiger partial charge in [-0.15, -0.1) is 0 Å². The van der Waals surface area contributed by atoms with E-state index in [2.05, 4.69) is 4.98 Å². The van der Waals surface area contributed by atoms with Gasteiger partial charge in [0, 0.05) is 5.56 Å². The standard InChI is InChI=1S/C16H18FNO3/c1-3-11(4-2)16(19)20-10-15-18-9-14(21-15)12-5-7-13(17)8-6-12/h5-9,11H,3-4,10H2,1-2H3. The molecule has 0 bridgehead atoms. The first kappa shape index (κ1) is 15.2. The number of nitrogens with zero attached hydrogens (tertiary/aromatic N) is 1. The second-order valence-corrected chi connectivity index (χ2v) is 4.75. The van der Waals surface area contributed by atoms with E-state index in [1.54, 1.807) is 12.1 Å². The summed E-state index contributed by atoms with van der Waals surface area (Å²) in [6.45, 7) is 3.91. The van der Waals surface area contributed by atoms with Crippen LogP contribution in [0.15, 0.2) is 34.9 Å². The lowest BCUT2D eigenvalue weighted by Crippen LogP contribution is -2.16. The quantitative estimate of drug-likeness (QED) is 0.756. The highest BCUT2D eigenvalue weighted by atomic mass is 19.1. The molecule has 0 saturated heterocycles. The Hall–Kier alpha value is -2.17. The van der Waals surface area contributed by atoms with E-state index in [9.17, 15) is 9.18 Å². The molecule has 5 heteroatoms. The van der Waals surface area contributed by atoms with Crippen molar-refractivity contribution in [3.05, 3.63) is 42.2 Å². The fraction of sp³-hybridized carbons (Fsp3) is 0.375. The number of halogens is 1.